The van der Waals surface area contributed by atoms with Gasteiger partial charge in [-0.25, -0.2) is 0 Å². The molecule has 0 radical (unpaired) electrons. The fourth-order valence-corrected chi connectivity index (χ4v) is 3.79. The van der Waals surface area contributed by atoms with Crippen LogP contribution >= 0.6 is 0 Å². The average molecular weight is 378 g/mol. The molecular formula is C23H26N2O3. The molecular weight excluding hydrogens is 352 g/mol. The van der Waals surface area contributed by atoms with Crippen molar-refractivity contribution >= 4 is 16.7 Å². The standard InChI is InChI=1S/C23H26N2O3/c1-17-20(11-15-27-17)23(26)24-19-9-12-25(13-10-19)14-16-28-22-8-4-6-18-5-2-3-7-21(18)22/h2-8,11,15,19H,9-10,12-14,16H2,1H3,(H,24,26). The average Bonchev–Trinajstić information content (AvgIpc) is 3.15. The van der Waals surface area contributed by atoms with E-state index in [1.54, 1.807) is 12.3 Å². The van der Waals surface area contributed by atoms with Crippen LogP contribution in [0.25, 0.3) is 10.8 Å². The Kier molecular flexibility index (Phi) is 5.63. The van der Waals surface area contributed by atoms with E-state index in [0.29, 0.717) is 17.9 Å². The third-order valence-corrected chi connectivity index (χ3v) is 5.44. The van der Waals surface area contributed by atoms with E-state index < -0.39 is 0 Å². The Balaban J connectivity index is 1.23. The van der Waals surface area contributed by atoms with Crippen molar-refractivity contribution in [2.24, 2.45) is 0 Å². The Morgan fingerprint density at radius 2 is 1.93 bits per heavy atom. The molecule has 1 saturated heterocycles. The predicted octanol–water partition coefficient (Wildman–Crippen LogP) is 4.01. The van der Waals surface area contributed by atoms with Crippen molar-refractivity contribution < 1.29 is 13.9 Å². The summed E-state index contributed by atoms with van der Waals surface area (Å²) in [6, 6.07) is 16.4. The van der Waals surface area contributed by atoms with Gasteiger partial charge in [-0.05, 0) is 37.3 Å². The Morgan fingerprint density at radius 1 is 1.14 bits per heavy atom. The number of hydrogen-bond acceptors (Lipinski definition) is 4. The molecule has 0 bridgehead atoms. The van der Waals surface area contributed by atoms with E-state index in [9.17, 15) is 4.79 Å². The molecule has 0 aliphatic carbocycles. The molecule has 1 fully saturated rings. The quantitative estimate of drug-likeness (QED) is 0.704. The van der Waals surface area contributed by atoms with Gasteiger partial charge in [0, 0.05) is 31.1 Å². The molecule has 146 valence electrons. The van der Waals surface area contributed by atoms with Crippen LogP contribution in [0.15, 0.2) is 59.2 Å². The maximum atomic E-state index is 12.3. The first-order valence-electron chi connectivity index (χ1n) is 9.88. The van der Waals surface area contributed by atoms with E-state index >= 15 is 0 Å². The van der Waals surface area contributed by atoms with Gasteiger partial charge in [0.25, 0.3) is 5.91 Å². The van der Waals surface area contributed by atoms with Crippen molar-refractivity contribution in [2.45, 2.75) is 25.8 Å². The van der Waals surface area contributed by atoms with E-state index in [0.717, 1.165) is 43.6 Å². The van der Waals surface area contributed by atoms with Gasteiger partial charge in [-0.15, -0.1) is 0 Å². The molecule has 4 rings (SSSR count). The lowest BCUT2D eigenvalue weighted by Crippen LogP contribution is -2.45. The van der Waals surface area contributed by atoms with Gasteiger partial charge in [-0.1, -0.05) is 36.4 Å². The summed E-state index contributed by atoms with van der Waals surface area (Å²) >= 11 is 0. The van der Waals surface area contributed by atoms with E-state index in [1.807, 2.05) is 31.2 Å². The van der Waals surface area contributed by atoms with Crippen molar-refractivity contribution in [1.29, 1.82) is 0 Å². The van der Waals surface area contributed by atoms with Crippen molar-refractivity contribution in [3.8, 4) is 5.75 Å². The second-order valence-electron chi connectivity index (χ2n) is 7.31. The predicted molar refractivity (Wildman–Crippen MR) is 110 cm³/mol. The molecule has 1 amide bonds. The van der Waals surface area contributed by atoms with E-state index in [1.165, 1.54) is 5.39 Å². The highest BCUT2D eigenvalue weighted by molar-refractivity contribution is 5.95. The van der Waals surface area contributed by atoms with Crippen molar-refractivity contribution in [2.75, 3.05) is 26.2 Å². The number of ether oxygens (including phenoxy) is 1. The lowest BCUT2D eigenvalue weighted by molar-refractivity contribution is 0.0904. The van der Waals surface area contributed by atoms with Gasteiger partial charge in [0.1, 0.15) is 18.1 Å². The van der Waals surface area contributed by atoms with Crippen LogP contribution in [0.5, 0.6) is 5.75 Å². The summed E-state index contributed by atoms with van der Waals surface area (Å²) in [6.07, 6.45) is 3.47. The topological polar surface area (TPSA) is 54.7 Å². The van der Waals surface area contributed by atoms with Crippen LogP contribution in [0.4, 0.5) is 0 Å². The zero-order valence-electron chi connectivity index (χ0n) is 16.2. The van der Waals surface area contributed by atoms with Gasteiger partial charge in [0.05, 0.1) is 11.8 Å². The van der Waals surface area contributed by atoms with Crippen LogP contribution in [0.1, 0.15) is 29.0 Å². The highest BCUT2D eigenvalue weighted by Gasteiger charge is 2.22. The van der Waals surface area contributed by atoms with E-state index in [2.05, 4.69) is 28.4 Å². The van der Waals surface area contributed by atoms with Gasteiger partial charge in [-0.3, -0.25) is 9.69 Å². The normalized spacial score (nSPS) is 15.6. The molecule has 5 heteroatoms. The molecule has 1 aromatic heterocycles. The van der Waals surface area contributed by atoms with Gasteiger partial charge in [0.2, 0.25) is 0 Å². The number of hydrogen-bond donors (Lipinski definition) is 1. The van der Waals surface area contributed by atoms with Crippen LogP contribution in [0.2, 0.25) is 0 Å². The largest absolute Gasteiger partial charge is 0.492 e. The van der Waals surface area contributed by atoms with Gasteiger partial charge in [0.15, 0.2) is 0 Å². The first kappa shape index (κ1) is 18.6. The number of furan rings is 1. The molecule has 0 unspecified atom stereocenters. The Labute approximate surface area is 165 Å². The molecule has 2 aromatic carbocycles. The number of aryl methyl sites for hydroxylation is 1. The van der Waals surface area contributed by atoms with Crippen molar-refractivity contribution in [3.63, 3.8) is 0 Å². The minimum absolute atomic E-state index is 0.0380. The number of nitrogens with zero attached hydrogens (tertiary/aromatic N) is 1. The number of amides is 1. The minimum atomic E-state index is -0.0380. The summed E-state index contributed by atoms with van der Waals surface area (Å²) in [5, 5.41) is 5.48. The number of rotatable bonds is 6. The number of fused-ring (bicyclic) bond motifs is 1. The number of nitrogens with one attached hydrogen (secondary N) is 1. The number of carbonyl (C=O) groups excluding carboxylic acids is 1. The van der Waals surface area contributed by atoms with Gasteiger partial charge < -0.3 is 14.5 Å². The summed E-state index contributed by atoms with van der Waals surface area (Å²) < 4.78 is 11.3. The molecule has 28 heavy (non-hydrogen) atoms. The van der Waals surface area contributed by atoms with Crippen LogP contribution in [-0.4, -0.2) is 43.1 Å². The Hall–Kier alpha value is -2.79. The third-order valence-electron chi connectivity index (χ3n) is 5.44. The zero-order chi connectivity index (χ0) is 19.3. The first-order chi connectivity index (χ1) is 13.7. The summed E-state index contributed by atoms with van der Waals surface area (Å²) in [5.41, 5.74) is 0.630. The number of benzene rings is 2. The number of likely N-dealkylation sites (tertiary alicyclic amines) is 1. The monoisotopic (exact) mass is 378 g/mol. The molecule has 1 aliphatic heterocycles. The fraction of sp³-hybridized carbons (Fsp3) is 0.348. The second kappa shape index (κ2) is 8.48. The maximum Gasteiger partial charge on any atom is 0.255 e. The molecule has 0 spiro atoms. The number of piperidine rings is 1. The highest BCUT2D eigenvalue weighted by Crippen LogP contribution is 2.25. The fourth-order valence-electron chi connectivity index (χ4n) is 3.79. The lowest BCUT2D eigenvalue weighted by Gasteiger charge is -2.32. The summed E-state index contributed by atoms with van der Waals surface area (Å²) in [4.78, 5) is 14.7. The maximum absolute atomic E-state index is 12.3. The smallest absolute Gasteiger partial charge is 0.255 e. The zero-order valence-corrected chi connectivity index (χ0v) is 16.2. The second-order valence-corrected chi connectivity index (χ2v) is 7.31. The molecule has 1 N–H and O–H groups in total. The van der Waals surface area contributed by atoms with Crippen molar-refractivity contribution in [1.82, 2.24) is 10.2 Å². The molecule has 0 atom stereocenters. The molecule has 3 aromatic rings. The van der Waals surface area contributed by atoms with Crippen LogP contribution in [0, 0.1) is 6.92 Å². The Bertz CT molecular complexity index is 936. The summed E-state index contributed by atoms with van der Waals surface area (Å²) in [5.74, 6) is 1.57. The van der Waals surface area contributed by atoms with Crippen molar-refractivity contribution in [3.05, 3.63) is 66.1 Å². The summed E-state index contributed by atoms with van der Waals surface area (Å²) in [6.45, 7) is 5.31. The number of carbonyl (C=O) groups is 1. The first-order valence-corrected chi connectivity index (χ1v) is 9.88. The van der Waals surface area contributed by atoms with E-state index in [4.69, 9.17) is 9.15 Å². The molecule has 5 nitrogen and oxygen atoms in total. The van der Waals surface area contributed by atoms with Crippen LogP contribution < -0.4 is 10.1 Å². The Morgan fingerprint density at radius 3 is 2.71 bits per heavy atom. The van der Waals surface area contributed by atoms with Crippen LogP contribution in [-0.2, 0) is 0 Å². The van der Waals surface area contributed by atoms with Gasteiger partial charge >= 0.3 is 0 Å². The van der Waals surface area contributed by atoms with Gasteiger partial charge in [-0.2, -0.15) is 0 Å². The SMILES string of the molecule is Cc1occc1C(=O)NC1CCN(CCOc2cccc3ccccc23)CC1. The highest BCUT2D eigenvalue weighted by atomic mass is 16.5. The van der Waals surface area contributed by atoms with E-state index in [-0.39, 0.29) is 11.9 Å². The third kappa shape index (κ3) is 4.20. The molecule has 0 saturated carbocycles. The summed E-state index contributed by atoms with van der Waals surface area (Å²) in [7, 11) is 0. The minimum Gasteiger partial charge on any atom is -0.492 e. The molecule has 2 heterocycles. The molecule has 1 aliphatic rings. The van der Waals surface area contributed by atoms with Crippen LogP contribution in [0.3, 0.4) is 0 Å². The lowest BCUT2D eigenvalue weighted by atomic mass is 10.0.